The number of likely N-dealkylation sites (N-methyl/N-ethyl adjacent to an activating group) is 1. The van der Waals surface area contributed by atoms with E-state index < -0.39 is 5.54 Å². The fourth-order valence-electron chi connectivity index (χ4n) is 2.41. The molecule has 1 heterocycles. The molecule has 1 N–H and O–H groups in total. The normalized spacial score (nSPS) is 14.1. The van der Waals surface area contributed by atoms with Crippen LogP contribution in [-0.4, -0.2) is 24.5 Å². The minimum atomic E-state index is -0.525. The number of ketones is 1. The monoisotopic (exact) mass is 281 g/mol. The van der Waals surface area contributed by atoms with Gasteiger partial charge >= 0.3 is 0 Å². The Morgan fingerprint density at radius 3 is 2.89 bits per heavy atom. The van der Waals surface area contributed by atoms with Crippen LogP contribution in [0.2, 0.25) is 5.02 Å². The van der Waals surface area contributed by atoms with E-state index in [1.54, 1.807) is 0 Å². The molecule has 0 spiro atoms. The van der Waals surface area contributed by atoms with E-state index in [2.05, 4.69) is 5.32 Å². The van der Waals surface area contributed by atoms with Crippen molar-refractivity contribution >= 4 is 17.4 Å². The number of ether oxygens (including phenoxy) is 1. The van der Waals surface area contributed by atoms with Gasteiger partial charge in [0.15, 0.2) is 5.78 Å². The molecule has 4 heteroatoms. The van der Waals surface area contributed by atoms with Gasteiger partial charge in [-0.05, 0) is 38.1 Å². The van der Waals surface area contributed by atoms with Crippen LogP contribution in [0.15, 0.2) is 12.1 Å². The summed E-state index contributed by atoms with van der Waals surface area (Å²) in [4.78, 5) is 12.4. The van der Waals surface area contributed by atoms with Crippen LogP contribution >= 0.6 is 11.6 Å². The topological polar surface area (TPSA) is 38.3 Å². The van der Waals surface area contributed by atoms with Gasteiger partial charge in [0.2, 0.25) is 0 Å². The molecule has 0 radical (unpaired) electrons. The number of carbonyl (C=O) groups is 1. The Bertz CT molecular complexity index is 497. The molecule has 1 aromatic rings. The van der Waals surface area contributed by atoms with Crippen LogP contribution in [-0.2, 0) is 17.6 Å². The van der Waals surface area contributed by atoms with Gasteiger partial charge in [-0.25, -0.2) is 0 Å². The van der Waals surface area contributed by atoms with Crippen molar-refractivity contribution in [2.75, 3.05) is 13.2 Å². The molecule has 0 fully saturated rings. The van der Waals surface area contributed by atoms with E-state index in [0.29, 0.717) is 18.1 Å². The largest absolute Gasteiger partial charge is 0.493 e. The molecule has 0 unspecified atom stereocenters. The Hall–Kier alpha value is -1.06. The average Bonchev–Trinajstić information content (AvgIpc) is 2.76. The number of nitrogens with one attached hydrogen (secondary N) is 1. The molecular weight excluding hydrogens is 262 g/mol. The standard InChI is InChI=1S/C15H20ClNO2/c1-4-17-15(2,3)13(18)9-11-8-12(16)7-10-5-6-19-14(10)11/h7-8,17H,4-6,9H2,1-3H3. The Labute approximate surface area is 119 Å². The highest BCUT2D eigenvalue weighted by molar-refractivity contribution is 6.30. The SMILES string of the molecule is CCNC(C)(C)C(=O)Cc1cc(Cl)cc2c1OCC2. The lowest BCUT2D eigenvalue weighted by Gasteiger charge is -2.24. The van der Waals surface area contributed by atoms with Crippen molar-refractivity contribution < 1.29 is 9.53 Å². The number of rotatable bonds is 5. The Balaban J connectivity index is 2.22. The highest BCUT2D eigenvalue weighted by Gasteiger charge is 2.28. The summed E-state index contributed by atoms with van der Waals surface area (Å²) in [7, 11) is 0. The summed E-state index contributed by atoms with van der Waals surface area (Å²) in [6.07, 6.45) is 1.22. The first kappa shape index (κ1) is 14.4. The number of benzene rings is 1. The number of hydrogen-bond acceptors (Lipinski definition) is 3. The van der Waals surface area contributed by atoms with Gasteiger partial charge in [-0.2, -0.15) is 0 Å². The van der Waals surface area contributed by atoms with Gasteiger partial charge in [0.25, 0.3) is 0 Å². The Morgan fingerprint density at radius 1 is 1.47 bits per heavy atom. The lowest BCUT2D eigenvalue weighted by Crippen LogP contribution is -2.47. The molecule has 1 aliphatic heterocycles. The summed E-state index contributed by atoms with van der Waals surface area (Å²) >= 11 is 6.10. The third-order valence-corrected chi connectivity index (χ3v) is 3.71. The first-order chi connectivity index (χ1) is 8.94. The molecule has 3 nitrogen and oxygen atoms in total. The lowest BCUT2D eigenvalue weighted by molar-refractivity contribution is -0.123. The smallest absolute Gasteiger partial charge is 0.156 e. The molecule has 0 amide bonds. The van der Waals surface area contributed by atoms with Gasteiger partial charge in [0.1, 0.15) is 5.75 Å². The predicted molar refractivity (Wildman–Crippen MR) is 77.1 cm³/mol. The maximum absolute atomic E-state index is 12.4. The number of halogens is 1. The molecular formula is C15H20ClNO2. The molecule has 0 saturated carbocycles. The van der Waals surface area contributed by atoms with Crippen LogP contribution in [0.3, 0.4) is 0 Å². The van der Waals surface area contributed by atoms with Gasteiger partial charge < -0.3 is 10.1 Å². The predicted octanol–water partition coefficient (Wildman–Crippen LogP) is 2.77. The molecule has 0 saturated heterocycles. The Kier molecular flexibility index (Phi) is 4.16. The van der Waals surface area contributed by atoms with Crippen molar-refractivity contribution in [2.45, 2.75) is 39.2 Å². The molecule has 19 heavy (non-hydrogen) atoms. The number of fused-ring (bicyclic) bond motifs is 1. The molecule has 0 aromatic heterocycles. The van der Waals surface area contributed by atoms with Gasteiger partial charge in [0, 0.05) is 23.4 Å². The first-order valence-electron chi connectivity index (χ1n) is 6.66. The van der Waals surface area contributed by atoms with Gasteiger partial charge in [-0.3, -0.25) is 4.79 Å². The Morgan fingerprint density at radius 2 is 2.21 bits per heavy atom. The number of hydrogen-bond donors (Lipinski definition) is 1. The van der Waals surface area contributed by atoms with E-state index in [4.69, 9.17) is 16.3 Å². The second kappa shape index (κ2) is 5.51. The van der Waals surface area contributed by atoms with Crippen molar-refractivity contribution in [3.8, 4) is 5.75 Å². The van der Waals surface area contributed by atoms with Crippen LogP contribution < -0.4 is 10.1 Å². The maximum Gasteiger partial charge on any atom is 0.156 e. The molecule has 1 aliphatic rings. The fourth-order valence-corrected chi connectivity index (χ4v) is 2.68. The molecule has 0 atom stereocenters. The van der Waals surface area contributed by atoms with Crippen molar-refractivity contribution in [3.63, 3.8) is 0 Å². The third kappa shape index (κ3) is 3.10. The second-order valence-corrected chi connectivity index (χ2v) is 5.84. The summed E-state index contributed by atoms with van der Waals surface area (Å²) < 4.78 is 5.63. The summed E-state index contributed by atoms with van der Waals surface area (Å²) in [5.41, 5.74) is 1.48. The highest BCUT2D eigenvalue weighted by atomic mass is 35.5. The summed E-state index contributed by atoms with van der Waals surface area (Å²) in [5.74, 6) is 0.999. The van der Waals surface area contributed by atoms with E-state index in [1.807, 2.05) is 32.9 Å². The van der Waals surface area contributed by atoms with Crippen LogP contribution in [0.1, 0.15) is 31.9 Å². The van der Waals surface area contributed by atoms with E-state index in [9.17, 15) is 4.79 Å². The zero-order chi connectivity index (χ0) is 14.0. The fraction of sp³-hybridized carbons (Fsp3) is 0.533. The van der Waals surface area contributed by atoms with E-state index in [-0.39, 0.29) is 5.78 Å². The molecule has 2 rings (SSSR count). The first-order valence-corrected chi connectivity index (χ1v) is 7.04. The highest BCUT2D eigenvalue weighted by Crippen LogP contribution is 2.33. The van der Waals surface area contributed by atoms with Crippen LogP contribution in [0.25, 0.3) is 0 Å². The number of carbonyl (C=O) groups excluding carboxylic acids is 1. The molecule has 1 aromatic carbocycles. The summed E-state index contributed by atoms with van der Waals surface area (Å²) in [6.45, 7) is 7.25. The third-order valence-electron chi connectivity index (χ3n) is 3.49. The van der Waals surface area contributed by atoms with Gasteiger partial charge in [-0.15, -0.1) is 0 Å². The van der Waals surface area contributed by atoms with Crippen LogP contribution in [0, 0.1) is 0 Å². The van der Waals surface area contributed by atoms with Gasteiger partial charge in [0.05, 0.1) is 12.1 Å². The van der Waals surface area contributed by atoms with Crippen molar-refractivity contribution in [1.82, 2.24) is 5.32 Å². The summed E-state index contributed by atoms with van der Waals surface area (Å²) in [5, 5.41) is 3.88. The zero-order valence-corrected chi connectivity index (χ0v) is 12.4. The number of Topliss-reactive ketones (excluding diaryl/α,β-unsaturated/α-hetero) is 1. The second-order valence-electron chi connectivity index (χ2n) is 5.41. The zero-order valence-electron chi connectivity index (χ0n) is 11.7. The van der Waals surface area contributed by atoms with Crippen molar-refractivity contribution in [1.29, 1.82) is 0 Å². The summed E-state index contributed by atoms with van der Waals surface area (Å²) in [6, 6.07) is 3.76. The van der Waals surface area contributed by atoms with Crippen LogP contribution in [0.5, 0.6) is 5.75 Å². The average molecular weight is 282 g/mol. The van der Waals surface area contributed by atoms with E-state index in [0.717, 1.165) is 29.8 Å². The van der Waals surface area contributed by atoms with Crippen molar-refractivity contribution in [3.05, 3.63) is 28.3 Å². The van der Waals surface area contributed by atoms with Crippen LogP contribution in [0.4, 0.5) is 0 Å². The minimum absolute atomic E-state index is 0.148. The molecule has 0 bridgehead atoms. The lowest BCUT2D eigenvalue weighted by atomic mass is 9.92. The quantitative estimate of drug-likeness (QED) is 0.902. The molecule has 0 aliphatic carbocycles. The maximum atomic E-state index is 12.4. The van der Waals surface area contributed by atoms with E-state index in [1.165, 1.54) is 0 Å². The van der Waals surface area contributed by atoms with Crippen molar-refractivity contribution in [2.24, 2.45) is 0 Å². The van der Waals surface area contributed by atoms with E-state index >= 15 is 0 Å². The minimum Gasteiger partial charge on any atom is -0.493 e. The van der Waals surface area contributed by atoms with Gasteiger partial charge in [-0.1, -0.05) is 18.5 Å². The molecule has 104 valence electrons.